The van der Waals surface area contributed by atoms with Crippen LogP contribution in [0.1, 0.15) is 5.56 Å². The summed E-state index contributed by atoms with van der Waals surface area (Å²) in [6, 6.07) is 5.31. The summed E-state index contributed by atoms with van der Waals surface area (Å²) in [7, 11) is 0. The van der Waals surface area contributed by atoms with Crippen LogP contribution < -0.4 is 5.32 Å². The van der Waals surface area contributed by atoms with E-state index in [9.17, 15) is 4.79 Å². The Balaban J connectivity index is 2.47. The van der Waals surface area contributed by atoms with E-state index < -0.39 is 0 Å². The van der Waals surface area contributed by atoms with E-state index in [4.69, 9.17) is 34.8 Å². The summed E-state index contributed by atoms with van der Waals surface area (Å²) in [5.41, 5.74) is 0.988. The number of carbonyl (C=O) groups is 1. The Labute approximate surface area is 104 Å². The zero-order valence-corrected chi connectivity index (χ0v) is 10.2. The van der Waals surface area contributed by atoms with Gasteiger partial charge >= 0.3 is 0 Å². The summed E-state index contributed by atoms with van der Waals surface area (Å²) >= 11 is 17.0. The highest BCUT2D eigenvalue weighted by molar-refractivity contribution is 6.34. The second-order valence-corrected chi connectivity index (χ2v) is 4.15. The van der Waals surface area contributed by atoms with E-state index in [1.54, 1.807) is 6.07 Å². The van der Waals surface area contributed by atoms with Gasteiger partial charge in [-0.1, -0.05) is 23.2 Å². The average Bonchev–Trinajstić information content (AvgIpc) is 2.16. The fourth-order valence-corrected chi connectivity index (χ4v) is 1.81. The van der Waals surface area contributed by atoms with Gasteiger partial charge in [0.2, 0.25) is 5.91 Å². The third-order valence-corrected chi connectivity index (χ3v) is 2.46. The molecule has 5 heteroatoms. The van der Waals surface area contributed by atoms with Crippen LogP contribution in [-0.4, -0.2) is 18.3 Å². The first-order valence-corrected chi connectivity index (χ1v) is 5.68. The topological polar surface area (TPSA) is 29.1 Å². The molecule has 1 amide bonds. The molecular formula is C10H10Cl3NO. The van der Waals surface area contributed by atoms with Gasteiger partial charge in [-0.2, -0.15) is 0 Å². The van der Waals surface area contributed by atoms with Crippen molar-refractivity contribution >= 4 is 40.7 Å². The first-order chi connectivity index (χ1) is 7.11. The zero-order chi connectivity index (χ0) is 11.3. The Morgan fingerprint density at radius 2 is 1.80 bits per heavy atom. The Hall–Kier alpha value is -0.440. The van der Waals surface area contributed by atoms with E-state index in [1.807, 2.05) is 12.1 Å². The first-order valence-electron chi connectivity index (χ1n) is 4.39. The SMILES string of the molecule is O=C(CCl)NCCc1cc(Cl)cc(Cl)c1. The van der Waals surface area contributed by atoms with Gasteiger partial charge in [0.05, 0.1) is 0 Å². The third kappa shape index (κ3) is 4.74. The molecular weight excluding hydrogens is 256 g/mol. The van der Waals surface area contributed by atoms with Crippen LogP contribution in [0.2, 0.25) is 10.0 Å². The summed E-state index contributed by atoms with van der Waals surface area (Å²) in [4.78, 5) is 10.8. The number of hydrogen-bond donors (Lipinski definition) is 1. The highest BCUT2D eigenvalue weighted by Gasteiger charge is 2.00. The van der Waals surface area contributed by atoms with Gasteiger partial charge < -0.3 is 5.32 Å². The van der Waals surface area contributed by atoms with Crippen molar-refractivity contribution < 1.29 is 4.79 Å². The van der Waals surface area contributed by atoms with Crippen molar-refractivity contribution in [2.24, 2.45) is 0 Å². The molecule has 0 fully saturated rings. The number of nitrogens with one attached hydrogen (secondary N) is 1. The van der Waals surface area contributed by atoms with Crippen LogP contribution in [0.3, 0.4) is 0 Å². The zero-order valence-electron chi connectivity index (χ0n) is 7.90. The largest absolute Gasteiger partial charge is 0.355 e. The molecule has 0 spiro atoms. The minimum atomic E-state index is -0.176. The Bertz CT molecular complexity index is 334. The first kappa shape index (κ1) is 12.6. The van der Waals surface area contributed by atoms with Crippen LogP contribution in [0.15, 0.2) is 18.2 Å². The van der Waals surface area contributed by atoms with Crippen molar-refractivity contribution in [1.82, 2.24) is 5.32 Å². The van der Waals surface area contributed by atoms with Crippen molar-refractivity contribution in [3.8, 4) is 0 Å². The predicted octanol–water partition coefficient (Wildman–Crippen LogP) is 2.89. The quantitative estimate of drug-likeness (QED) is 0.834. The Morgan fingerprint density at radius 1 is 1.20 bits per heavy atom. The maximum Gasteiger partial charge on any atom is 0.234 e. The molecule has 0 saturated heterocycles. The Kier molecular flexibility index (Phi) is 5.23. The van der Waals surface area contributed by atoms with Gasteiger partial charge in [-0.15, -0.1) is 11.6 Å². The number of hydrogen-bond acceptors (Lipinski definition) is 1. The van der Waals surface area contributed by atoms with Crippen molar-refractivity contribution in [1.29, 1.82) is 0 Å². The molecule has 0 heterocycles. The maximum atomic E-state index is 10.8. The molecule has 0 aliphatic carbocycles. The average molecular weight is 267 g/mol. The number of carbonyl (C=O) groups excluding carboxylic acids is 1. The lowest BCUT2D eigenvalue weighted by molar-refractivity contribution is -0.118. The predicted molar refractivity (Wildman–Crippen MR) is 63.9 cm³/mol. The highest BCUT2D eigenvalue weighted by Crippen LogP contribution is 2.19. The minimum Gasteiger partial charge on any atom is -0.355 e. The van der Waals surface area contributed by atoms with Gasteiger partial charge in [-0.3, -0.25) is 4.79 Å². The summed E-state index contributed by atoms with van der Waals surface area (Å²) in [6.45, 7) is 0.530. The van der Waals surface area contributed by atoms with Crippen LogP contribution in [-0.2, 0) is 11.2 Å². The minimum absolute atomic E-state index is 0.0176. The summed E-state index contributed by atoms with van der Waals surface area (Å²) in [5.74, 6) is -0.194. The molecule has 1 aromatic rings. The van der Waals surface area contributed by atoms with Crippen LogP contribution in [0.25, 0.3) is 0 Å². The van der Waals surface area contributed by atoms with Crippen molar-refractivity contribution in [2.75, 3.05) is 12.4 Å². The molecule has 0 bridgehead atoms. The molecule has 1 aromatic carbocycles. The van der Waals surface area contributed by atoms with Crippen molar-refractivity contribution in [3.63, 3.8) is 0 Å². The number of amides is 1. The van der Waals surface area contributed by atoms with E-state index in [-0.39, 0.29) is 11.8 Å². The monoisotopic (exact) mass is 265 g/mol. The van der Waals surface area contributed by atoms with Gasteiger partial charge in [-0.05, 0) is 30.2 Å². The molecule has 1 rings (SSSR count). The van der Waals surface area contributed by atoms with E-state index in [0.717, 1.165) is 5.56 Å². The fraction of sp³-hybridized carbons (Fsp3) is 0.300. The fourth-order valence-electron chi connectivity index (χ4n) is 1.15. The number of rotatable bonds is 4. The second-order valence-electron chi connectivity index (χ2n) is 3.01. The van der Waals surface area contributed by atoms with E-state index >= 15 is 0 Å². The van der Waals surface area contributed by atoms with Crippen molar-refractivity contribution in [2.45, 2.75) is 6.42 Å². The molecule has 0 aromatic heterocycles. The van der Waals surface area contributed by atoms with Crippen LogP contribution in [0.4, 0.5) is 0 Å². The Morgan fingerprint density at radius 3 is 2.33 bits per heavy atom. The third-order valence-electron chi connectivity index (χ3n) is 1.78. The van der Waals surface area contributed by atoms with Gasteiger partial charge in [0, 0.05) is 16.6 Å². The molecule has 2 nitrogen and oxygen atoms in total. The van der Waals surface area contributed by atoms with E-state index in [2.05, 4.69) is 5.32 Å². The number of alkyl halides is 1. The molecule has 0 saturated carbocycles. The molecule has 0 atom stereocenters. The van der Waals surface area contributed by atoms with Gasteiger partial charge in [-0.25, -0.2) is 0 Å². The van der Waals surface area contributed by atoms with Crippen LogP contribution in [0.5, 0.6) is 0 Å². The molecule has 1 N–H and O–H groups in total. The number of benzene rings is 1. The summed E-state index contributed by atoms with van der Waals surface area (Å²) in [5, 5.41) is 3.86. The van der Waals surface area contributed by atoms with Gasteiger partial charge in [0.15, 0.2) is 0 Å². The number of halogens is 3. The molecule has 82 valence electrons. The lowest BCUT2D eigenvalue weighted by Gasteiger charge is -2.04. The second kappa shape index (κ2) is 6.21. The molecule has 0 radical (unpaired) electrons. The van der Waals surface area contributed by atoms with Crippen LogP contribution in [0, 0.1) is 0 Å². The normalized spacial score (nSPS) is 10.1. The van der Waals surface area contributed by atoms with Crippen molar-refractivity contribution in [3.05, 3.63) is 33.8 Å². The van der Waals surface area contributed by atoms with Gasteiger partial charge in [0.25, 0.3) is 0 Å². The molecule has 0 aliphatic heterocycles. The molecule has 0 aliphatic rings. The van der Waals surface area contributed by atoms with E-state index in [0.29, 0.717) is 23.0 Å². The summed E-state index contributed by atoms with van der Waals surface area (Å²) < 4.78 is 0. The smallest absolute Gasteiger partial charge is 0.234 e. The molecule has 15 heavy (non-hydrogen) atoms. The highest BCUT2D eigenvalue weighted by atomic mass is 35.5. The van der Waals surface area contributed by atoms with Gasteiger partial charge in [0.1, 0.15) is 5.88 Å². The molecule has 0 unspecified atom stereocenters. The standard InChI is InChI=1S/C10H10Cl3NO/c11-6-10(15)14-2-1-7-3-8(12)5-9(13)4-7/h3-5H,1-2,6H2,(H,14,15). The lowest BCUT2D eigenvalue weighted by atomic mass is 10.1. The maximum absolute atomic E-state index is 10.8. The lowest BCUT2D eigenvalue weighted by Crippen LogP contribution is -2.26. The summed E-state index contributed by atoms with van der Waals surface area (Å²) in [6.07, 6.45) is 0.683. The van der Waals surface area contributed by atoms with E-state index in [1.165, 1.54) is 0 Å². The van der Waals surface area contributed by atoms with Crippen LogP contribution >= 0.6 is 34.8 Å².